The lowest BCUT2D eigenvalue weighted by atomic mass is 10.1. The first-order valence-electron chi connectivity index (χ1n) is 8.21. The average Bonchev–Trinajstić information content (AvgIpc) is 2.89. The van der Waals surface area contributed by atoms with Gasteiger partial charge in [-0.25, -0.2) is 0 Å². The summed E-state index contributed by atoms with van der Waals surface area (Å²) in [7, 11) is 1.86. The molecule has 2 rings (SSSR count). The number of aromatic nitrogens is 2. The van der Waals surface area contributed by atoms with Crippen LogP contribution in [0.25, 0.3) is 0 Å². The van der Waals surface area contributed by atoms with Crippen molar-refractivity contribution in [3.8, 4) is 0 Å². The van der Waals surface area contributed by atoms with Gasteiger partial charge in [0, 0.05) is 12.1 Å². The smallest absolute Gasteiger partial charge is 0.240 e. The van der Waals surface area contributed by atoms with Gasteiger partial charge >= 0.3 is 0 Å². The van der Waals surface area contributed by atoms with Crippen LogP contribution in [0, 0.1) is 19.8 Å². The topological polar surface area (TPSA) is 71.3 Å². The van der Waals surface area contributed by atoms with E-state index in [0.717, 1.165) is 23.2 Å². The first-order valence-corrected chi connectivity index (χ1v) is 8.21. The number of nitrogens with one attached hydrogen (secondary N) is 1. The molecule has 1 heterocycles. The molecule has 0 atom stereocenters. The Labute approximate surface area is 143 Å². The number of hydrogen-bond donors (Lipinski definition) is 1. The van der Waals surface area contributed by atoms with Gasteiger partial charge in [0.05, 0.1) is 13.1 Å². The number of rotatable bonds is 7. The zero-order chi connectivity index (χ0) is 17.7. The Bertz CT molecular complexity index is 694. The van der Waals surface area contributed by atoms with Crippen molar-refractivity contribution < 1.29 is 9.32 Å². The number of aryl methyl sites for hydroxylation is 1. The molecular weight excluding hydrogens is 304 g/mol. The second kappa shape index (κ2) is 8.06. The maximum atomic E-state index is 12.2. The molecule has 6 nitrogen and oxygen atoms in total. The van der Waals surface area contributed by atoms with Crippen LogP contribution >= 0.6 is 0 Å². The maximum Gasteiger partial charge on any atom is 0.240 e. The van der Waals surface area contributed by atoms with E-state index in [-0.39, 0.29) is 12.5 Å². The molecule has 2 aromatic rings. The third-order valence-corrected chi connectivity index (χ3v) is 3.80. The van der Waals surface area contributed by atoms with Crippen LogP contribution in [0.2, 0.25) is 0 Å². The molecule has 0 fully saturated rings. The van der Waals surface area contributed by atoms with Crippen molar-refractivity contribution >= 4 is 11.6 Å². The molecular formula is C18H26N4O2. The van der Waals surface area contributed by atoms with Crippen LogP contribution < -0.4 is 5.32 Å². The van der Waals surface area contributed by atoms with Crippen LogP contribution in [0.5, 0.6) is 0 Å². The third kappa shape index (κ3) is 5.16. The van der Waals surface area contributed by atoms with Gasteiger partial charge in [-0.3, -0.25) is 9.69 Å². The summed E-state index contributed by atoms with van der Waals surface area (Å²) >= 11 is 0. The van der Waals surface area contributed by atoms with E-state index >= 15 is 0 Å². The van der Waals surface area contributed by atoms with Gasteiger partial charge in [-0.1, -0.05) is 31.1 Å². The second-order valence-corrected chi connectivity index (χ2v) is 6.67. The van der Waals surface area contributed by atoms with Gasteiger partial charge in [0.25, 0.3) is 0 Å². The van der Waals surface area contributed by atoms with Crippen molar-refractivity contribution in [2.75, 3.05) is 18.9 Å². The van der Waals surface area contributed by atoms with E-state index in [4.69, 9.17) is 4.52 Å². The third-order valence-electron chi connectivity index (χ3n) is 3.80. The molecule has 0 saturated carbocycles. The van der Waals surface area contributed by atoms with Crippen molar-refractivity contribution in [1.29, 1.82) is 0 Å². The van der Waals surface area contributed by atoms with Crippen molar-refractivity contribution in [2.45, 2.75) is 40.7 Å². The highest BCUT2D eigenvalue weighted by Crippen LogP contribution is 2.17. The predicted molar refractivity (Wildman–Crippen MR) is 93.7 cm³/mol. The van der Waals surface area contributed by atoms with Crippen LogP contribution in [0.3, 0.4) is 0 Å². The summed E-state index contributed by atoms with van der Waals surface area (Å²) < 4.78 is 5.24. The molecule has 0 unspecified atom stereocenters. The first kappa shape index (κ1) is 18.1. The number of nitrogens with zero attached hydrogens (tertiary/aromatic N) is 3. The lowest BCUT2D eigenvalue weighted by Crippen LogP contribution is -2.30. The molecule has 0 radical (unpaired) electrons. The highest BCUT2D eigenvalue weighted by atomic mass is 16.5. The minimum absolute atomic E-state index is 0.0619. The lowest BCUT2D eigenvalue weighted by Gasteiger charge is -2.15. The summed E-state index contributed by atoms with van der Waals surface area (Å²) in [6.07, 6.45) is 0.792. The number of anilines is 1. The molecule has 24 heavy (non-hydrogen) atoms. The first-order chi connectivity index (χ1) is 11.3. The molecule has 6 heteroatoms. The number of likely N-dealkylation sites (N-methyl/N-ethyl adjacent to an activating group) is 1. The Morgan fingerprint density at radius 1 is 1.33 bits per heavy atom. The van der Waals surface area contributed by atoms with Crippen molar-refractivity contribution in [3.05, 3.63) is 41.0 Å². The summed E-state index contributed by atoms with van der Waals surface area (Å²) in [5.41, 5.74) is 3.10. The summed E-state index contributed by atoms with van der Waals surface area (Å²) in [6, 6.07) is 5.88. The van der Waals surface area contributed by atoms with Gasteiger partial charge in [-0.15, -0.1) is 0 Å². The molecule has 0 aliphatic carbocycles. The summed E-state index contributed by atoms with van der Waals surface area (Å²) in [5, 5.41) is 6.92. The SMILES string of the molecule is Cc1cccc(NC(=O)CN(C)Cc2nc(CC(C)C)no2)c1C. The van der Waals surface area contributed by atoms with Crippen LogP contribution in [-0.2, 0) is 17.8 Å². The standard InChI is InChI=1S/C18H26N4O2/c1-12(2)9-16-20-18(24-21-16)11-22(5)10-17(23)19-15-8-6-7-13(3)14(15)4/h6-8,12H,9-11H2,1-5H3,(H,19,23). The van der Waals surface area contributed by atoms with Gasteiger partial charge in [0.15, 0.2) is 5.82 Å². The van der Waals surface area contributed by atoms with Crippen molar-refractivity contribution in [1.82, 2.24) is 15.0 Å². The Hall–Kier alpha value is -2.21. The van der Waals surface area contributed by atoms with Gasteiger partial charge in [0.2, 0.25) is 11.8 Å². The van der Waals surface area contributed by atoms with Gasteiger partial charge in [-0.05, 0) is 44.0 Å². The number of carbonyl (C=O) groups is 1. The molecule has 0 aliphatic rings. The zero-order valence-corrected chi connectivity index (χ0v) is 15.1. The largest absolute Gasteiger partial charge is 0.338 e. The van der Waals surface area contributed by atoms with E-state index in [9.17, 15) is 4.79 Å². The fourth-order valence-electron chi connectivity index (χ4n) is 2.41. The molecule has 1 N–H and O–H groups in total. The average molecular weight is 330 g/mol. The fraction of sp³-hybridized carbons (Fsp3) is 0.500. The lowest BCUT2D eigenvalue weighted by molar-refractivity contribution is -0.117. The van der Waals surface area contributed by atoms with Crippen LogP contribution in [0.15, 0.2) is 22.7 Å². The monoisotopic (exact) mass is 330 g/mol. The molecule has 0 saturated heterocycles. The fourth-order valence-corrected chi connectivity index (χ4v) is 2.41. The van der Waals surface area contributed by atoms with Crippen LogP contribution in [-0.4, -0.2) is 34.5 Å². The minimum atomic E-state index is -0.0619. The van der Waals surface area contributed by atoms with E-state index in [0.29, 0.717) is 24.2 Å². The van der Waals surface area contributed by atoms with Gasteiger partial charge in [0.1, 0.15) is 0 Å². The van der Waals surface area contributed by atoms with E-state index in [1.807, 2.05) is 44.0 Å². The Kier molecular flexibility index (Phi) is 6.09. The normalized spacial score (nSPS) is 11.3. The summed E-state index contributed by atoms with van der Waals surface area (Å²) in [5.74, 6) is 1.67. The van der Waals surface area contributed by atoms with Crippen molar-refractivity contribution in [2.24, 2.45) is 5.92 Å². The van der Waals surface area contributed by atoms with E-state index < -0.39 is 0 Å². The van der Waals surface area contributed by atoms with E-state index in [1.165, 1.54) is 0 Å². The maximum absolute atomic E-state index is 12.2. The zero-order valence-electron chi connectivity index (χ0n) is 15.1. The van der Waals surface area contributed by atoms with Crippen LogP contribution in [0.4, 0.5) is 5.69 Å². The van der Waals surface area contributed by atoms with Crippen molar-refractivity contribution in [3.63, 3.8) is 0 Å². The van der Waals surface area contributed by atoms with Gasteiger partial charge < -0.3 is 9.84 Å². The number of carbonyl (C=O) groups excluding carboxylic acids is 1. The molecule has 1 aromatic heterocycles. The van der Waals surface area contributed by atoms with Crippen LogP contribution in [0.1, 0.15) is 36.7 Å². The number of benzene rings is 1. The summed E-state index contributed by atoms with van der Waals surface area (Å²) in [4.78, 5) is 18.4. The number of amides is 1. The minimum Gasteiger partial charge on any atom is -0.338 e. The molecule has 130 valence electrons. The molecule has 0 aliphatic heterocycles. The highest BCUT2D eigenvalue weighted by Gasteiger charge is 2.13. The quantitative estimate of drug-likeness (QED) is 0.845. The summed E-state index contributed by atoms with van der Waals surface area (Å²) in [6.45, 7) is 8.96. The molecule has 1 aromatic carbocycles. The predicted octanol–water partition coefficient (Wildman–Crippen LogP) is 2.96. The molecule has 0 bridgehead atoms. The van der Waals surface area contributed by atoms with E-state index in [2.05, 4.69) is 29.3 Å². The van der Waals surface area contributed by atoms with Gasteiger partial charge in [-0.2, -0.15) is 4.98 Å². The Morgan fingerprint density at radius 2 is 2.08 bits per heavy atom. The second-order valence-electron chi connectivity index (χ2n) is 6.67. The molecule has 1 amide bonds. The Balaban J connectivity index is 1.87. The molecule has 0 spiro atoms. The number of hydrogen-bond acceptors (Lipinski definition) is 5. The highest BCUT2D eigenvalue weighted by molar-refractivity contribution is 5.93. The Morgan fingerprint density at radius 3 is 2.79 bits per heavy atom. The van der Waals surface area contributed by atoms with E-state index in [1.54, 1.807) is 0 Å².